The fourth-order valence-corrected chi connectivity index (χ4v) is 3.29. The van der Waals surface area contributed by atoms with Crippen molar-refractivity contribution in [2.45, 2.75) is 72.8 Å². The Kier molecular flexibility index (Phi) is 6.32. The van der Waals surface area contributed by atoms with Crippen molar-refractivity contribution in [3.8, 4) is 0 Å². The second kappa shape index (κ2) is 7.08. The average molecular weight is 269 g/mol. The highest BCUT2D eigenvalue weighted by Gasteiger charge is 2.34. The van der Waals surface area contributed by atoms with Crippen molar-refractivity contribution < 1.29 is 4.74 Å². The summed E-state index contributed by atoms with van der Waals surface area (Å²) in [5.41, 5.74) is 0.755. The van der Waals surface area contributed by atoms with Gasteiger partial charge in [-0.2, -0.15) is 0 Å². The fraction of sp³-hybridized carbons (Fsp3) is 1.00. The van der Waals surface area contributed by atoms with Gasteiger partial charge in [-0.15, -0.1) is 0 Å². The lowest BCUT2D eigenvalue weighted by Gasteiger charge is -2.42. The van der Waals surface area contributed by atoms with Crippen LogP contribution in [0.3, 0.4) is 0 Å². The topological polar surface area (TPSA) is 21.3 Å². The van der Waals surface area contributed by atoms with Crippen LogP contribution in [0.5, 0.6) is 0 Å². The summed E-state index contributed by atoms with van der Waals surface area (Å²) < 4.78 is 5.22. The van der Waals surface area contributed by atoms with Gasteiger partial charge in [-0.3, -0.25) is 0 Å². The van der Waals surface area contributed by atoms with Gasteiger partial charge in [0.1, 0.15) is 0 Å². The van der Waals surface area contributed by atoms with Gasteiger partial charge in [0.05, 0.1) is 0 Å². The van der Waals surface area contributed by atoms with Gasteiger partial charge in [-0.25, -0.2) is 0 Å². The van der Waals surface area contributed by atoms with Crippen molar-refractivity contribution in [1.29, 1.82) is 0 Å². The van der Waals surface area contributed by atoms with Crippen LogP contribution in [0.2, 0.25) is 0 Å². The lowest BCUT2D eigenvalue weighted by Crippen LogP contribution is -2.47. The summed E-state index contributed by atoms with van der Waals surface area (Å²) in [7, 11) is 1.79. The highest BCUT2D eigenvalue weighted by molar-refractivity contribution is 4.89. The van der Waals surface area contributed by atoms with E-state index in [-0.39, 0.29) is 0 Å². The summed E-state index contributed by atoms with van der Waals surface area (Å²) in [5.74, 6) is 0.819. The number of rotatable bonds is 6. The lowest BCUT2D eigenvalue weighted by atomic mass is 9.69. The number of ether oxygens (including phenoxy) is 1. The molecule has 2 heteroatoms. The fourth-order valence-electron chi connectivity index (χ4n) is 3.29. The van der Waals surface area contributed by atoms with Gasteiger partial charge in [-0.05, 0) is 36.0 Å². The van der Waals surface area contributed by atoms with E-state index < -0.39 is 0 Å². The van der Waals surface area contributed by atoms with Crippen LogP contribution >= 0.6 is 0 Å². The molecule has 0 aromatic carbocycles. The minimum Gasteiger partial charge on any atom is -0.385 e. The monoisotopic (exact) mass is 269 g/mol. The molecular weight excluding hydrogens is 234 g/mol. The Morgan fingerprint density at radius 3 is 2.26 bits per heavy atom. The van der Waals surface area contributed by atoms with Crippen molar-refractivity contribution in [1.82, 2.24) is 5.32 Å². The summed E-state index contributed by atoms with van der Waals surface area (Å²) in [6.45, 7) is 13.8. The molecule has 2 unspecified atom stereocenters. The largest absolute Gasteiger partial charge is 0.385 e. The quantitative estimate of drug-likeness (QED) is 0.778. The van der Waals surface area contributed by atoms with Crippen LogP contribution < -0.4 is 5.32 Å². The van der Waals surface area contributed by atoms with Crippen molar-refractivity contribution in [3.05, 3.63) is 0 Å². The third kappa shape index (κ3) is 5.83. The first-order chi connectivity index (χ1) is 8.76. The standard InChI is InChI=1S/C17H35NO/c1-16(2,3)14-9-7-8-10-15(14)18-13-17(4,5)11-12-19-6/h14-15,18H,7-13H2,1-6H3. The lowest BCUT2D eigenvalue weighted by molar-refractivity contribution is 0.111. The Hall–Kier alpha value is -0.0800. The van der Waals surface area contributed by atoms with E-state index >= 15 is 0 Å². The molecule has 0 amide bonds. The number of nitrogens with one attached hydrogen (secondary N) is 1. The molecule has 1 saturated carbocycles. The normalized spacial score (nSPS) is 25.6. The zero-order chi connectivity index (χ0) is 14.5. The Bertz CT molecular complexity index is 254. The van der Waals surface area contributed by atoms with Gasteiger partial charge in [-0.1, -0.05) is 47.5 Å². The molecule has 0 aliphatic heterocycles. The molecule has 1 N–H and O–H groups in total. The maximum absolute atomic E-state index is 5.22. The predicted molar refractivity (Wildman–Crippen MR) is 83.5 cm³/mol. The van der Waals surface area contributed by atoms with Gasteiger partial charge in [0.2, 0.25) is 0 Å². The van der Waals surface area contributed by atoms with Crippen molar-refractivity contribution in [2.75, 3.05) is 20.3 Å². The van der Waals surface area contributed by atoms with Gasteiger partial charge < -0.3 is 10.1 Å². The van der Waals surface area contributed by atoms with E-state index in [1.54, 1.807) is 7.11 Å². The molecule has 2 nitrogen and oxygen atoms in total. The smallest absolute Gasteiger partial charge is 0.0467 e. The maximum atomic E-state index is 5.22. The summed E-state index contributed by atoms with van der Waals surface area (Å²) in [4.78, 5) is 0. The van der Waals surface area contributed by atoms with Crippen LogP contribution in [0.4, 0.5) is 0 Å². The Balaban J connectivity index is 2.49. The molecule has 1 rings (SSSR count). The molecule has 1 aliphatic carbocycles. The Labute approximate surface area is 120 Å². The van der Waals surface area contributed by atoms with E-state index in [2.05, 4.69) is 39.9 Å². The summed E-state index contributed by atoms with van der Waals surface area (Å²) in [6.07, 6.45) is 6.67. The SMILES string of the molecule is COCCC(C)(C)CNC1CCCCC1C(C)(C)C. The summed E-state index contributed by atoms with van der Waals surface area (Å²) in [6, 6.07) is 0.704. The summed E-state index contributed by atoms with van der Waals surface area (Å²) >= 11 is 0. The summed E-state index contributed by atoms with van der Waals surface area (Å²) in [5, 5.41) is 3.87. The van der Waals surface area contributed by atoms with Gasteiger partial charge >= 0.3 is 0 Å². The predicted octanol–water partition coefficient (Wildman–Crippen LogP) is 4.24. The molecule has 0 bridgehead atoms. The van der Waals surface area contributed by atoms with E-state index in [9.17, 15) is 0 Å². The van der Waals surface area contributed by atoms with Crippen LogP contribution in [-0.2, 0) is 4.74 Å². The maximum Gasteiger partial charge on any atom is 0.0467 e. The van der Waals surface area contributed by atoms with Crippen LogP contribution in [0.15, 0.2) is 0 Å². The Morgan fingerprint density at radius 1 is 1.05 bits per heavy atom. The first kappa shape index (κ1) is 17.0. The highest BCUT2D eigenvalue weighted by atomic mass is 16.5. The molecule has 114 valence electrons. The number of hydrogen-bond acceptors (Lipinski definition) is 2. The molecule has 19 heavy (non-hydrogen) atoms. The third-order valence-electron chi connectivity index (χ3n) is 4.70. The third-order valence-corrected chi connectivity index (χ3v) is 4.70. The minimum atomic E-state index is 0.329. The number of methoxy groups -OCH3 is 1. The molecule has 0 aromatic rings. The molecule has 0 spiro atoms. The van der Waals surface area contributed by atoms with E-state index in [4.69, 9.17) is 4.74 Å². The molecule has 0 saturated heterocycles. The van der Waals surface area contributed by atoms with Crippen molar-refractivity contribution in [2.24, 2.45) is 16.7 Å². The first-order valence-corrected chi connectivity index (χ1v) is 7.98. The van der Waals surface area contributed by atoms with Crippen molar-refractivity contribution >= 4 is 0 Å². The molecule has 1 aliphatic rings. The molecule has 0 radical (unpaired) electrons. The second-order valence-corrected chi connectivity index (χ2v) is 8.15. The van der Waals surface area contributed by atoms with Gasteiger partial charge in [0.15, 0.2) is 0 Å². The zero-order valence-electron chi connectivity index (χ0n) is 14.0. The van der Waals surface area contributed by atoms with E-state index in [0.29, 0.717) is 16.9 Å². The zero-order valence-corrected chi connectivity index (χ0v) is 14.0. The molecule has 0 aromatic heterocycles. The molecule has 1 fully saturated rings. The molecular formula is C17H35NO. The average Bonchev–Trinajstić information content (AvgIpc) is 2.33. The van der Waals surface area contributed by atoms with E-state index in [1.807, 2.05) is 0 Å². The van der Waals surface area contributed by atoms with Crippen LogP contribution in [0, 0.1) is 16.7 Å². The molecule has 0 heterocycles. The van der Waals surface area contributed by atoms with E-state index in [1.165, 1.54) is 25.7 Å². The van der Waals surface area contributed by atoms with Crippen LogP contribution in [-0.4, -0.2) is 26.3 Å². The molecule has 2 atom stereocenters. The second-order valence-electron chi connectivity index (χ2n) is 8.15. The van der Waals surface area contributed by atoms with Crippen LogP contribution in [0.25, 0.3) is 0 Å². The number of hydrogen-bond donors (Lipinski definition) is 1. The van der Waals surface area contributed by atoms with Gasteiger partial charge in [0.25, 0.3) is 0 Å². The van der Waals surface area contributed by atoms with Crippen molar-refractivity contribution in [3.63, 3.8) is 0 Å². The van der Waals surface area contributed by atoms with Gasteiger partial charge in [0, 0.05) is 26.3 Å². The first-order valence-electron chi connectivity index (χ1n) is 7.98. The minimum absolute atomic E-state index is 0.329. The highest BCUT2D eigenvalue weighted by Crippen LogP contribution is 2.38. The van der Waals surface area contributed by atoms with Crippen LogP contribution in [0.1, 0.15) is 66.7 Å². The van der Waals surface area contributed by atoms with E-state index in [0.717, 1.165) is 25.5 Å². The Morgan fingerprint density at radius 2 is 1.68 bits per heavy atom.